The first-order valence-corrected chi connectivity index (χ1v) is 6.95. The quantitative estimate of drug-likeness (QED) is 0.700. The van der Waals surface area contributed by atoms with Gasteiger partial charge in [0, 0.05) is 12.2 Å². The molecule has 1 rings (SSSR count). The van der Waals surface area contributed by atoms with Crippen LogP contribution in [-0.4, -0.2) is 26.2 Å². The van der Waals surface area contributed by atoms with E-state index in [2.05, 4.69) is 4.72 Å². The number of sulfonamides is 1. The molecule has 0 bridgehead atoms. The van der Waals surface area contributed by atoms with Crippen LogP contribution in [0.3, 0.4) is 0 Å². The summed E-state index contributed by atoms with van der Waals surface area (Å²) < 4.78 is 26.0. The lowest BCUT2D eigenvalue weighted by Gasteiger charge is -2.11. The van der Waals surface area contributed by atoms with Gasteiger partial charge in [0.15, 0.2) is 0 Å². The number of anilines is 1. The predicted octanol–water partition coefficient (Wildman–Crippen LogP) is 0.971. The summed E-state index contributed by atoms with van der Waals surface area (Å²) in [5.74, 6) is 0. The number of halogens is 1. The number of nitrogens with two attached hydrogens (primary N) is 1. The van der Waals surface area contributed by atoms with Crippen molar-refractivity contribution in [2.24, 2.45) is 0 Å². The summed E-state index contributed by atoms with van der Waals surface area (Å²) >= 11 is 5.79. The summed E-state index contributed by atoms with van der Waals surface area (Å²) in [5.41, 5.74) is 5.82. The molecule has 0 saturated carbocycles. The minimum absolute atomic E-state index is 0.0516. The van der Waals surface area contributed by atoms with E-state index in [-0.39, 0.29) is 16.5 Å². The third-order valence-corrected chi connectivity index (χ3v) is 4.13. The fraction of sp³-hybridized carbons (Fsp3) is 0.400. The Labute approximate surface area is 106 Å². The van der Waals surface area contributed by atoms with Gasteiger partial charge >= 0.3 is 0 Å². The molecule has 1 unspecified atom stereocenters. The Bertz CT molecular complexity index is 490. The molecule has 1 aromatic carbocycles. The molecule has 0 saturated heterocycles. The van der Waals surface area contributed by atoms with Crippen molar-refractivity contribution in [3.8, 4) is 0 Å². The molecule has 0 aliphatic carbocycles. The molecule has 4 N–H and O–H groups in total. The lowest BCUT2D eigenvalue weighted by molar-refractivity contribution is 0.174. The largest absolute Gasteiger partial charge is 0.399 e. The lowest BCUT2D eigenvalue weighted by Crippen LogP contribution is -2.32. The molecule has 0 aliphatic rings. The molecular weight excluding hydrogens is 264 g/mol. The zero-order valence-corrected chi connectivity index (χ0v) is 10.9. The average Bonchev–Trinajstić information content (AvgIpc) is 2.29. The summed E-state index contributed by atoms with van der Waals surface area (Å²) in [4.78, 5) is -0.0810. The second-order valence-corrected chi connectivity index (χ2v) is 5.75. The second kappa shape index (κ2) is 5.68. The van der Waals surface area contributed by atoms with Crippen LogP contribution in [0.25, 0.3) is 0 Å². The van der Waals surface area contributed by atoms with Crippen molar-refractivity contribution in [2.45, 2.75) is 24.3 Å². The summed E-state index contributed by atoms with van der Waals surface area (Å²) in [6, 6.07) is 4.22. The van der Waals surface area contributed by atoms with E-state index in [1.165, 1.54) is 18.2 Å². The Morgan fingerprint density at radius 2 is 2.18 bits per heavy atom. The predicted molar refractivity (Wildman–Crippen MR) is 67.4 cm³/mol. The Hall–Kier alpha value is -0.820. The third-order valence-electron chi connectivity index (χ3n) is 2.23. The monoisotopic (exact) mass is 278 g/mol. The number of nitrogens with one attached hydrogen (secondary N) is 1. The smallest absolute Gasteiger partial charge is 0.242 e. The summed E-state index contributed by atoms with van der Waals surface area (Å²) in [6.45, 7) is 1.70. The lowest BCUT2D eigenvalue weighted by atomic mass is 10.3. The van der Waals surface area contributed by atoms with Crippen molar-refractivity contribution in [3.05, 3.63) is 23.2 Å². The van der Waals surface area contributed by atoms with Gasteiger partial charge in [-0.05, 0) is 24.6 Å². The van der Waals surface area contributed by atoms with E-state index in [4.69, 9.17) is 17.3 Å². The van der Waals surface area contributed by atoms with Gasteiger partial charge < -0.3 is 10.8 Å². The van der Waals surface area contributed by atoms with Crippen LogP contribution in [0.15, 0.2) is 23.1 Å². The Morgan fingerprint density at radius 1 is 1.53 bits per heavy atom. The van der Waals surface area contributed by atoms with E-state index in [9.17, 15) is 13.5 Å². The van der Waals surface area contributed by atoms with Crippen LogP contribution in [0.1, 0.15) is 13.3 Å². The van der Waals surface area contributed by atoms with E-state index < -0.39 is 16.1 Å². The highest BCUT2D eigenvalue weighted by molar-refractivity contribution is 7.89. The van der Waals surface area contributed by atoms with Crippen LogP contribution >= 0.6 is 11.6 Å². The minimum Gasteiger partial charge on any atom is -0.399 e. The standard InChI is InChI=1S/C10H15ClN2O3S/c1-2-8(14)6-13-17(15,16)10-5-7(12)3-4-9(10)11/h3-5,8,13-14H,2,6,12H2,1H3. The molecule has 0 radical (unpaired) electrons. The van der Waals surface area contributed by atoms with E-state index in [0.29, 0.717) is 12.1 Å². The Morgan fingerprint density at radius 3 is 2.76 bits per heavy atom. The van der Waals surface area contributed by atoms with Crippen LogP contribution in [0.5, 0.6) is 0 Å². The van der Waals surface area contributed by atoms with E-state index >= 15 is 0 Å². The molecule has 5 nitrogen and oxygen atoms in total. The zero-order valence-electron chi connectivity index (χ0n) is 9.35. The van der Waals surface area contributed by atoms with Gasteiger partial charge in [-0.1, -0.05) is 18.5 Å². The molecule has 96 valence electrons. The summed E-state index contributed by atoms with van der Waals surface area (Å²) in [7, 11) is -3.74. The van der Waals surface area contributed by atoms with Gasteiger partial charge in [-0.3, -0.25) is 0 Å². The Kier molecular flexibility index (Phi) is 4.76. The number of rotatable bonds is 5. The molecule has 0 amide bonds. The molecule has 0 spiro atoms. The van der Waals surface area contributed by atoms with Gasteiger partial charge in [0.1, 0.15) is 4.90 Å². The SMILES string of the molecule is CCC(O)CNS(=O)(=O)c1cc(N)ccc1Cl. The maximum atomic E-state index is 11.9. The van der Waals surface area contributed by atoms with Crippen LogP contribution in [0.4, 0.5) is 5.69 Å². The normalized spacial score (nSPS) is 13.6. The number of hydrogen-bond donors (Lipinski definition) is 3. The van der Waals surface area contributed by atoms with Gasteiger partial charge in [0.2, 0.25) is 10.0 Å². The van der Waals surface area contributed by atoms with Crippen LogP contribution in [0.2, 0.25) is 5.02 Å². The number of aliphatic hydroxyl groups excluding tert-OH is 1. The Balaban J connectivity index is 2.93. The molecule has 0 heterocycles. The number of nitrogen functional groups attached to an aromatic ring is 1. The van der Waals surface area contributed by atoms with Gasteiger partial charge in [-0.15, -0.1) is 0 Å². The van der Waals surface area contributed by atoms with Gasteiger partial charge in [0.05, 0.1) is 11.1 Å². The van der Waals surface area contributed by atoms with E-state index in [1.54, 1.807) is 6.92 Å². The first-order valence-electron chi connectivity index (χ1n) is 5.09. The molecule has 0 aromatic heterocycles. The maximum Gasteiger partial charge on any atom is 0.242 e. The van der Waals surface area contributed by atoms with Gasteiger partial charge in [0.25, 0.3) is 0 Å². The summed E-state index contributed by atoms with van der Waals surface area (Å²) in [5, 5.41) is 9.40. The second-order valence-electron chi connectivity index (χ2n) is 3.60. The van der Waals surface area contributed by atoms with Crippen molar-refractivity contribution in [2.75, 3.05) is 12.3 Å². The molecule has 1 aromatic rings. The highest BCUT2D eigenvalue weighted by Crippen LogP contribution is 2.23. The number of benzene rings is 1. The molecular formula is C10H15ClN2O3S. The van der Waals surface area contributed by atoms with Gasteiger partial charge in [-0.2, -0.15) is 0 Å². The highest BCUT2D eigenvalue weighted by Gasteiger charge is 2.18. The van der Waals surface area contributed by atoms with Crippen LogP contribution < -0.4 is 10.5 Å². The van der Waals surface area contributed by atoms with Crippen molar-refractivity contribution in [3.63, 3.8) is 0 Å². The maximum absolute atomic E-state index is 11.9. The molecule has 0 aliphatic heterocycles. The van der Waals surface area contributed by atoms with E-state index in [0.717, 1.165) is 0 Å². The first kappa shape index (κ1) is 14.2. The number of aliphatic hydroxyl groups is 1. The molecule has 7 heteroatoms. The average molecular weight is 279 g/mol. The number of hydrogen-bond acceptors (Lipinski definition) is 4. The van der Waals surface area contributed by atoms with Gasteiger partial charge in [-0.25, -0.2) is 13.1 Å². The van der Waals surface area contributed by atoms with Crippen molar-refractivity contribution in [1.82, 2.24) is 4.72 Å². The van der Waals surface area contributed by atoms with Crippen LogP contribution in [-0.2, 0) is 10.0 Å². The zero-order chi connectivity index (χ0) is 13.1. The highest BCUT2D eigenvalue weighted by atomic mass is 35.5. The first-order chi connectivity index (χ1) is 7.86. The molecule has 0 fully saturated rings. The van der Waals surface area contributed by atoms with Crippen molar-refractivity contribution >= 4 is 27.3 Å². The fourth-order valence-corrected chi connectivity index (χ4v) is 2.76. The molecule has 1 atom stereocenters. The summed E-state index contributed by atoms with van der Waals surface area (Å²) in [6.07, 6.45) is -0.252. The molecule has 17 heavy (non-hydrogen) atoms. The topological polar surface area (TPSA) is 92.4 Å². The third kappa shape index (κ3) is 3.85. The fourth-order valence-electron chi connectivity index (χ4n) is 1.15. The van der Waals surface area contributed by atoms with Crippen molar-refractivity contribution < 1.29 is 13.5 Å². The van der Waals surface area contributed by atoms with Crippen molar-refractivity contribution in [1.29, 1.82) is 0 Å². The van der Waals surface area contributed by atoms with Crippen LogP contribution in [0, 0.1) is 0 Å². The minimum atomic E-state index is -3.74. The van der Waals surface area contributed by atoms with E-state index in [1.807, 2.05) is 0 Å².